The van der Waals surface area contributed by atoms with Gasteiger partial charge in [-0.15, -0.1) is 0 Å². The van der Waals surface area contributed by atoms with Crippen LogP contribution in [0.4, 0.5) is 0 Å². The Labute approximate surface area is 95.1 Å². The molecule has 1 aliphatic rings. The zero-order valence-electron chi connectivity index (χ0n) is 9.91. The first-order valence-electron chi connectivity index (χ1n) is 5.65. The molecule has 1 aromatic heterocycles. The number of nitrogens with zero attached hydrogens (tertiary/aromatic N) is 2. The Morgan fingerprint density at radius 2 is 2.00 bits per heavy atom. The van der Waals surface area contributed by atoms with Crippen molar-refractivity contribution in [3.8, 4) is 0 Å². The fourth-order valence-corrected chi connectivity index (χ4v) is 1.78. The van der Waals surface area contributed by atoms with E-state index in [-0.39, 0.29) is 5.97 Å². The number of carbonyl (C=O) groups is 1. The van der Waals surface area contributed by atoms with E-state index in [0.717, 1.165) is 24.2 Å². The SMILES string of the molecule is CCOC(=O)c1nc(C2CC2)c(C)nc1C. The van der Waals surface area contributed by atoms with Crippen molar-refractivity contribution in [2.24, 2.45) is 0 Å². The van der Waals surface area contributed by atoms with E-state index < -0.39 is 0 Å². The Morgan fingerprint density at radius 1 is 1.31 bits per heavy atom. The predicted molar refractivity (Wildman–Crippen MR) is 59.4 cm³/mol. The van der Waals surface area contributed by atoms with Gasteiger partial charge in [-0.05, 0) is 33.6 Å². The molecule has 4 nitrogen and oxygen atoms in total. The third kappa shape index (κ3) is 2.05. The third-order valence-electron chi connectivity index (χ3n) is 2.71. The van der Waals surface area contributed by atoms with Gasteiger partial charge in [0, 0.05) is 5.92 Å². The van der Waals surface area contributed by atoms with Crippen molar-refractivity contribution in [2.45, 2.75) is 39.5 Å². The summed E-state index contributed by atoms with van der Waals surface area (Å²) in [4.78, 5) is 20.4. The second-order valence-corrected chi connectivity index (χ2v) is 4.12. The molecule has 0 aromatic carbocycles. The molecule has 1 aliphatic carbocycles. The number of hydrogen-bond acceptors (Lipinski definition) is 4. The van der Waals surface area contributed by atoms with E-state index >= 15 is 0 Å². The van der Waals surface area contributed by atoms with Gasteiger partial charge in [0.05, 0.1) is 23.7 Å². The Hall–Kier alpha value is -1.45. The molecule has 16 heavy (non-hydrogen) atoms. The molecule has 2 rings (SSSR count). The number of aryl methyl sites for hydroxylation is 2. The average Bonchev–Trinajstić information content (AvgIpc) is 3.01. The molecule has 1 fully saturated rings. The fourth-order valence-electron chi connectivity index (χ4n) is 1.78. The predicted octanol–water partition coefficient (Wildman–Crippen LogP) is 2.15. The molecule has 0 radical (unpaired) electrons. The molecule has 0 aliphatic heterocycles. The Kier molecular flexibility index (Phi) is 2.90. The summed E-state index contributed by atoms with van der Waals surface area (Å²) < 4.78 is 4.96. The van der Waals surface area contributed by atoms with Gasteiger partial charge in [-0.1, -0.05) is 0 Å². The number of rotatable bonds is 3. The molecule has 0 N–H and O–H groups in total. The molecular weight excluding hydrogens is 204 g/mol. The van der Waals surface area contributed by atoms with Crippen LogP contribution in [0.2, 0.25) is 0 Å². The Morgan fingerprint density at radius 3 is 2.56 bits per heavy atom. The number of ether oxygens (including phenoxy) is 1. The topological polar surface area (TPSA) is 52.1 Å². The minimum atomic E-state index is -0.366. The molecule has 0 atom stereocenters. The normalized spacial score (nSPS) is 14.9. The van der Waals surface area contributed by atoms with Crippen molar-refractivity contribution in [2.75, 3.05) is 6.61 Å². The van der Waals surface area contributed by atoms with Crippen molar-refractivity contribution in [3.05, 3.63) is 22.8 Å². The molecule has 0 spiro atoms. The van der Waals surface area contributed by atoms with Gasteiger partial charge in [0.15, 0.2) is 5.69 Å². The van der Waals surface area contributed by atoms with Gasteiger partial charge in [0.2, 0.25) is 0 Å². The molecule has 86 valence electrons. The van der Waals surface area contributed by atoms with E-state index in [1.807, 2.05) is 6.92 Å². The van der Waals surface area contributed by atoms with Crippen LogP contribution in [-0.4, -0.2) is 22.5 Å². The van der Waals surface area contributed by atoms with Gasteiger partial charge < -0.3 is 4.74 Å². The highest BCUT2D eigenvalue weighted by Gasteiger charge is 2.29. The van der Waals surface area contributed by atoms with Crippen LogP contribution in [0.5, 0.6) is 0 Å². The number of esters is 1. The summed E-state index contributed by atoms with van der Waals surface area (Å²) in [7, 11) is 0. The van der Waals surface area contributed by atoms with E-state index in [9.17, 15) is 4.79 Å². The molecular formula is C12H16N2O2. The first-order valence-corrected chi connectivity index (χ1v) is 5.65. The maximum Gasteiger partial charge on any atom is 0.358 e. The lowest BCUT2D eigenvalue weighted by Gasteiger charge is -2.08. The van der Waals surface area contributed by atoms with E-state index in [4.69, 9.17) is 4.74 Å². The molecule has 0 bridgehead atoms. The van der Waals surface area contributed by atoms with Crippen LogP contribution in [0.1, 0.15) is 53.3 Å². The second-order valence-electron chi connectivity index (χ2n) is 4.12. The average molecular weight is 220 g/mol. The van der Waals surface area contributed by atoms with E-state index in [1.54, 1.807) is 13.8 Å². The Bertz CT molecular complexity index is 425. The summed E-state index contributed by atoms with van der Waals surface area (Å²) >= 11 is 0. The van der Waals surface area contributed by atoms with E-state index in [1.165, 1.54) is 0 Å². The minimum Gasteiger partial charge on any atom is -0.461 e. The van der Waals surface area contributed by atoms with Crippen LogP contribution in [0.3, 0.4) is 0 Å². The molecule has 0 saturated heterocycles. The van der Waals surface area contributed by atoms with Gasteiger partial charge >= 0.3 is 5.97 Å². The summed E-state index contributed by atoms with van der Waals surface area (Å²) in [5, 5.41) is 0. The molecule has 1 heterocycles. The van der Waals surface area contributed by atoms with Crippen LogP contribution in [0.25, 0.3) is 0 Å². The molecule has 1 saturated carbocycles. The van der Waals surface area contributed by atoms with Crippen molar-refractivity contribution in [3.63, 3.8) is 0 Å². The van der Waals surface area contributed by atoms with Crippen molar-refractivity contribution < 1.29 is 9.53 Å². The molecule has 1 aromatic rings. The summed E-state index contributed by atoms with van der Waals surface area (Å²) in [5.41, 5.74) is 2.93. The third-order valence-corrected chi connectivity index (χ3v) is 2.71. The number of carbonyl (C=O) groups excluding carboxylic acids is 1. The lowest BCUT2D eigenvalue weighted by Crippen LogP contribution is -2.13. The van der Waals surface area contributed by atoms with E-state index in [2.05, 4.69) is 9.97 Å². The quantitative estimate of drug-likeness (QED) is 0.732. The first kappa shape index (κ1) is 11.0. The van der Waals surface area contributed by atoms with Crippen LogP contribution in [0, 0.1) is 13.8 Å². The van der Waals surface area contributed by atoms with Gasteiger partial charge in [0.1, 0.15) is 0 Å². The van der Waals surface area contributed by atoms with Crippen molar-refractivity contribution in [1.29, 1.82) is 0 Å². The zero-order chi connectivity index (χ0) is 11.7. The Balaban J connectivity index is 2.36. The summed E-state index contributed by atoms with van der Waals surface area (Å²) in [5.74, 6) is 0.135. The van der Waals surface area contributed by atoms with Crippen molar-refractivity contribution in [1.82, 2.24) is 9.97 Å². The highest BCUT2D eigenvalue weighted by molar-refractivity contribution is 5.88. The smallest absolute Gasteiger partial charge is 0.358 e. The second kappa shape index (κ2) is 4.20. The molecule has 0 unspecified atom stereocenters. The largest absolute Gasteiger partial charge is 0.461 e. The lowest BCUT2D eigenvalue weighted by molar-refractivity contribution is 0.0517. The standard InChI is InChI=1S/C12H16N2O2/c1-4-16-12(15)11-8(3)13-7(2)10(14-11)9-5-6-9/h9H,4-6H2,1-3H3. The lowest BCUT2D eigenvalue weighted by atomic mass is 10.2. The van der Waals surface area contributed by atoms with Crippen LogP contribution >= 0.6 is 0 Å². The van der Waals surface area contributed by atoms with Gasteiger partial charge in [-0.3, -0.25) is 4.98 Å². The zero-order valence-corrected chi connectivity index (χ0v) is 9.91. The van der Waals surface area contributed by atoms with Crippen LogP contribution in [-0.2, 0) is 4.74 Å². The summed E-state index contributed by atoms with van der Waals surface area (Å²) in [6, 6.07) is 0. The molecule has 4 heteroatoms. The first-order chi connectivity index (χ1) is 7.63. The highest BCUT2D eigenvalue weighted by Crippen LogP contribution is 2.40. The minimum absolute atomic E-state index is 0.366. The van der Waals surface area contributed by atoms with Gasteiger partial charge in [0.25, 0.3) is 0 Å². The van der Waals surface area contributed by atoms with Crippen LogP contribution in [0.15, 0.2) is 0 Å². The van der Waals surface area contributed by atoms with Crippen LogP contribution < -0.4 is 0 Å². The van der Waals surface area contributed by atoms with Gasteiger partial charge in [-0.2, -0.15) is 0 Å². The monoisotopic (exact) mass is 220 g/mol. The fraction of sp³-hybridized carbons (Fsp3) is 0.583. The molecule has 0 amide bonds. The summed E-state index contributed by atoms with van der Waals surface area (Å²) in [6.45, 7) is 5.90. The number of aromatic nitrogens is 2. The maximum atomic E-state index is 11.6. The van der Waals surface area contributed by atoms with E-state index in [0.29, 0.717) is 23.9 Å². The maximum absolute atomic E-state index is 11.6. The highest BCUT2D eigenvalue weighted by atomic mass is 16.5. The van der Waals surface area contributed by atoms with Gasteiger partial charge in [-0.25, -0.2) is 9.78 Å². The number of hydrogen-bond donors (Lipinski definition) is 0. The van der Waals surface area contributed by atoms with Crippen molar-refractivity contribution >= 4 is 5.97 Å². The summed E-state index contributed by atoms with van der Waals surface area (Å²) in [6.07, 6.45) is 2.31.